The van der Waals surface area contributed by atoms with E-state index in [4.69, 9.17) is 18.9 Å². The molecular weight excluding hydrogens is 696 g/mol. The molecule has 3 aromatic carbocycles. The topological polar surface area (TPSA) is 142 Å². The molecule has 3 aromatic rings. The normalized spacial score (nSPS) is 24.9. The first-order valence-corrected chi connectivity index (χ1v) is 16.8. The second kappa shape index (κ2) is 11.2. The smallest absolute Gasteiger partial charge is 0.308 e. The Morgan fingerprint density at radius 3 is 2.31 bits per heavy atom. The summed E-state index contributed by atoms with van der Waals surface area (Å²) in [5.41, 5.74) is 4.80. The van der Waals surface area contributed by atoms with Gasteiger partial charge in [-0.1, -0.05) is 28.1 Å². The molecule has 5 aliphatic rings. The Morgan fingerprint density at radius 2 is 1.67 bits per heavy atom. The number of amides is 2. The first kappa shape index (κ1) is 31.6. The number of carbonyl (C=O) groups excluding carboxylic acids is 3. The molecule has 49 heavy (non-hydrogen) atoms. The first-order valence-electron chi connectivity index (χ1n) is 16.0. The number of nitrogens with zero attached hydrogens (tertiary/aromatic N) is 4. The summed E-state index contributed by atoms with van der Waals surface area (Å²) in [6.07, 6.45) is 0.736. The lowest BCUT2D eigenvalue weighted by Gasteiger charge is -2.60. The molecule has 1 saturated heterocycles. The van der Waals surface area contributed by atoms with Crippen LogP contribution in [0.5, 0.6) is 28.7 Å². The van der Waals surface area contributed by atoms with Gasteiger partial charge in [0.05, 0.1) is 36.4 Å². The predicted molar refractivity (Wildman–Crippen MR) is 177 cm³/mol. The number of benzene rings is 3. The van der Waals surface area contributed by atoms with Crippen molar-refractivity contribution in [1.82, 2.24) is 14.7 Å². The second-order valence-corrected chi connectivity index (χ2v) is 14.0. The quantitative estimate of drug-likeness (QED) is 0.231. The number of carbonyl (C=O) groups is 3. The van der Waals surface area contributed by atoms with Crippen molar-refractivity contribution in [2.45, 2.75) is 63.8 Å². The first-order chi connectivity index (χ1) is 23.5. The number of hydrogen-bond acceptors (Lipinski definition) is 11. The fourth-order valence-electron chi connectivity index (χ4n) is 8.88. The Bertz CT molecular complexity index is 2020. The summed E-state index contributed by atoms with van der Waals surface area (Å²) >= 11 is 3.78. The van der Waals surface area contributed by atoms with Crippen LogP contribution >= 0.6 is 15.9 Å². The molecule has 2 bridgehead atoms. The SMILES string of the molecule is COc1c(C)c(Br)c2c(c1O)[C@@H]1C3Cc4c(OC(C)=O)c(C)c5c(c4C(CN4C(=O)c6ccccc6C4=O)N3C(C#N)[C@H](C2)N1C)OCO5. The Hall–Kier alpha value is -4.64. The van der Waals surface area contributed by atoms with Gasteiger partial charge >= 0.3 is 5.97 Å². The number of nitriles is 1. The zero-order valence-corrected chi connectivity index (χ0v) is 29.1. The molecule has 1 N–H and O–H groups in total. The van der Waals surface area contributed by atoms with E-state index in [1.165, 1.54) is 18.9 Å². The number of phenols is 1. The van der Waals surface area contributed by atoms with E-state index >= 15 is 0 Å². The van der Waals surface area contributed by atoms with E-state index in [9.17, 15) is 24.8 Å². The van der Waals surface area contributed by atoms with Crippen LogP contribution in [0.2, 0.25) is 0 Å². The zero-order valence-electron chi connectivity index (χ0n) is 27.5. The summed E-state index contributed by atoms with van der Waals surface area (Å²) < 4.78 is 24.4. The number of hydrogen-bond donors (Lipinski definition) is 1. The molecular formula is C36H33BrN4O8. The van der Waals surface area contributed by atoms with Crippen molar-refractivity contribution in [1.29, 1.82) is 5.26 Å². The maximum atomic E-state index is 13.8. The number of halogens is 1. The van der Waals surface area contributed by atoms with E-state index in [2.05, 4.69) is 31.8 Å². The van der Waals surface area contributed by atoms with E-state index in [-0.39, 0.29) is 25.1 Å². The van der Waals surface area contributed by atoms with Crippen molar-refractivity contribution in [3.05, 3.63) is 73.2 Å². The van der Waals surface area contributed by atoms with Crippen molar-refractivity contribution in [2.24, 2.45) is 0 Å². The van der Waals surface area contributed by atoms with Gasteiger partial charge in [0.15, 0.2) is 23.0 Å². The van der Waals surface area contributed by atoms with Crippen LogP contribution in [0.15, 0.2) is 28.7 Å². The minimum Gasteiger partial charge on any atom is -0.504 e. The Morgan fingerprint density at radius 1 is 1.02 bits per heavy atom. The van der Waals surface area contributed by atoms with Gasteiger partial charge in [-0.15, -0.1) is 0 Å². The molecule has 0 aliphatic carbocycles. The summed E-state index contributed by atoms with van der Waals surface area (Å²) in [5.74, 6) is 0.159. The number of imide groups is 1. The third kappa shape index (κ3) is 4.23. The fraction of sp³-hybridized carbons (Fsp3) is 0.389. The molecule has 12 nitrogen and oxygen atoms in total. The summed E-state index contributed by atoms with van der Waals surface area (Å²) in [7, 11) is 3.47. The Kier molecular flexibility index (Phi) is 7.22. The minimum atomic E-state index is -0.760. The number of aromatic hydroxyl groups is 1. The number of phenolic OH excluding ortho intramolecular Hbond substituents is 1. The van der Waals surface area contributed by atoms with Crippen LogP contribution in [-0.4, -0.2) is 83.2 Å². The highest BCUT2D eigenvalue weighted by molar-refractivity contribution is 9.10. The molecule has 3 unspecified atom stereocenters. The molecule has 0 saturated carbocycles. The van der Waals surface area contributed by atoms with Crippen LogP contribution in [-0.2, 0) is 17.6 Å². The summed E-state index contributed by atoms with van der Waals surface area (Å²) in [5, 5.41) is 22.8. The third-order valence-electron chi connectivity index (χ3n) is 10.9. The number of methoxy groups -OCH3 is 1. The molecule has 252 valence electrons. The van der Waals surface area contributed by atoms with Crippen LogP contribution in [0.25, 0.3) is 0 Å². The number of piperazine rings is 1. The maximum Gasteiger partial charge on any atom is 0.308 e. The standard InChI is InChI=1S/C36H33BrN4O8/c1-15-28(37)20-10-22-24(12-38)41-23(29(39(22)4)27(20)30(43)32(15)46-5)11-21-26(34-33(47-14-48-34)16(2)31(21)49-17(3)42)25(41)13-40-35(44)18-8-6-7-9-19(18)36(40)45/h6-9,22-25,29,43H,10-11,13-14H2,1-5H3/t22-,23?,24?,25?,29-/m0/s1. The second-order valence-electron chi connectivity index (χ2n) is 13.2. The molecule has 0 radical (unpaired) electrons. The lowest BCUT2D eigenvalue weighted by atomic mass is 9.71. The Balaban J connectivity index is 1.39. The average molecular weight is 730 g/mol. The monoisotopic (exact) mass is 728 g/mol. The highest BCUT2D eigenvalue weighted by atomic mass is 79.9. The molecule has 5 atom stereocenters. The van der Waals surface area contributed by atoms with E-state index in [1.54, 1.807) is 31.2 Å². The zero-order chi connectivity index (χ0) is 34.6. The van der Waals surface area contributed by atoms with E-state index < -0.39 is 42.0 Å². The van der Waals surface area contributed by atoms with Gasteiger partial charge in [-0.25, -0.2) is 0 Å². The number of likely N-dealkylation sites (N-methyl/N-ethyl adjacent to an activating group) is 1. The fourth-order valence-corrected chi connectivity index (χ4v) is 9.44. The van der Waals surface area contributed by atoms with Crippen molar-refractivity contribution in [3.63, 3.8) is 0 Å². The molecule has 8 rings (SSSR count). The van der Waals surface area contributed by atoms with Gasteiger partial charge in [-0.3, -0.25) is 29.1 Å². The van der Waals surface area contributed by atoms with Crippen LogP contribution in [0.1, 0.15) is 73.1 Å². The number of rotatable bonds is 4. The molecule has 13 heteroatoms. The van der Waals surface area contributed by atoms with Gasteiger partial charge in [0, 0.05) is 57.8 Å². The van der Waals surface area contributed by atoms with Gasteiger partial charge in [0.1, 0.15) is 11.8 Å². The summed E-state index contributed by atoms with van der Waals surface area (Å²) in [4.78, 5) is 45.7. The van der Waals surface area contributed by atoms with E-state index in [1.807, 2.05) is 14.0 Å². The number of esters is 1. The molecule has 5 heterocycles. The van der Waals surface area contributed by atoms with Crippen LogP contribution in [0.4, 0.5) is 0 Å². The molecule has 2 amide bonds. The van der Waals surface area contributed by atoms with Crippen LogP contribution in [0, 0.1) is 25.2 Å². The van der Waals surface area contributed by atoms with Crippen LogP contribution in [0.3, 0.4) is 0 Å². The molecule has 0 spiro atoms. The van der Waals surface area contributed by atoms with Crippen molar-refractivity contribution in [2.75, 3.05) is 27.5 Å². The van der Waals surface area contributed by atoms with Crippen molar-refractivity contribution in [3.8, 4) is 34.8 Å². The lowest BCUT2D eigenvalue weighted by Crippen LogP contribution is -2.69. The minimum absolute atomic E-state index is 0.0219. The number of ether oxygens (including phenoxy) is 4. The molecule has 1 fully saturated rings. The van der Waals surface area contributed by atoms with Gasteiger partial charge in [-0.05, 0) is 51.4 Å². The highest BCUT2D eigenvalue weighted by Gasteiger charge is 2.58. The van der Waals surface area contributed by atoms with Crippen molar-refractivity contribution >= 4 is 33.7 Å². The lowest BCUT2D eigenvalue weighted by molar-refractivity contribution is -0.132. The summed E-state index contributed by atoms with van der Waals surface area (Å²) in [6, 6.07) is 6.55. The predicted octanol–water partition coefficient (Wildman–Crippen LogP) is 4.50. The Labute approximate surface area is 290 Å². The maximum absolute atomic E-state index is 13.8. The van der Waals surface area contributed by atoms with Crippen molar-refractivity contribution < 1.29 is 38.4 Å². The highest BCUT2D eigenvalue weighted by Crippen LogP contribution is 2.59. The average Bonchev–Trinajstić information content (AvgIpc) is 3.66. The van der Waals surface area contributed by atoms with Gasteiger partial charge in [0.2, 0.25) is 6.79 Å². The molecule has 5 aliphatic heterocycles. The largest absolute Gasteiger partial charge is 0.504 e. The summed E-state index contributed by atoms with van der Waals surface area (Å²) in [6.45, 7) is 4.82. The van der Waals surface area contributed by atoms with Gasteiger partial charge < -0.3 is 24.1 Å². The van der Waals surface area contributed by atoms with Gasteiger partial charge in [-0.2, -0.15) is 5.26 Å². The molecule has 0 aromatic heterocycles. The van der Waals surface area contributed by atoms with E-state index in [0.29, 0.717) is 69.2 Å². The van der Waals surface area contributed by atoms with Crippen LogP contribution < -0.4 is 18.9 Å². The van der Waals surface area contributed by atoms with E-state index in [0.717, 1.165) is 15.6 Å². The van der Waals surface area contributed by atoms with Gasteiger partial charge in [0.25, 0.3) is 11.8 Å². The third-order valence-corrected chi connectivity index (χ3v) is 12.0. The number of fused-ring (bicyclic) bond motifs is 10.